The second-order valence-electron chi connectivity index (χ2n) is 7.75. The van der Waals surface area contributed by atoms with Crippen molar-refractivity contribution in [1.82, 2.24) is 14.5 Å². The number of carbonyl (C=O) groups excluding carboxylic acids is 1. The van der Waals surface area contributed by atoms with Crippen LogP contribution in [0.5, 0.6) is 0 Å². The van der Waals surface area contributed by atoms with Crippen molar-refractivity contribution in [2.45, 2.75) is 44.5 Å². The molecule has 5 nitrogen and oxygen atoms in total. The quantitative estimate of drug-likeness (QED) is 0.538. The fourth-order valence-electron chi connectivity index (χ4n) is 4.85. The van der Waals surface area contributed by atoms with Crippen LogP contribution in [0.15, 0.2) is 59.3 Å². The minimum atomic E-state index is -0.165. The van der Waals surface area contributed by atoms with Crippen LogP contribution >= 0.6 is 15.9 Å². The summed E-state index contributed by atoms with van der Waals surface area (Å²) in [6.45, 7) is 1.25. The zero-order valence-corrected chi connectivity index (χ0v) is 17.1. The third-order valence-corrected chi connectivity index (χ3v) is 6.54. The predicted molar refractivity (Wildman–Crippen MR) is 111 cm³/mol. The van der Waals surface area contributed by atoms with Crippen LogP contribution in [0.3, 0.4) is 0 Å². The zero-order chi connectivity index (χ0) is 19.1. The number of benzene rings is 1. The number of nitrogens with zero attached hydrogens (tertiary/aromatic N) is 3. The number of halogens is 1. The van der Waals surface area contributed by atoms with Crippen LogP contribution in [-0.4, -0.2) is 32.6 Å². The Kier molecular flexibility index (Phi) is 4.59. The smallest absolute Gasteiger partial charge is 0.410 e. The first kappa shape index (κ1) is 17.7. The first-order valence-corrected chi connectivity index (χ1v) is 10.6. The van der Waals surface area contributed by atoms with Crippen LogP contribution in [0, 0.1) is 5.92 Å². The number of fused-ring (bicyclic) bond motifs is 3. The molecule has 2 fully saturated rings. The lowest BCUT2D eigenvalue weighted by atomic mass is 9.89. The lowest BCUT2D eigenvalue weighted by Crippen LogP contribution is -2.37. The van der Waals surface area contributed by atoms with Crippen molar-refractivity contribution in [3.05, 3.63) is 64.9 Å². The van der Waals surface area contributed by atoms with Gasteiger partial charge in [0.2, 0.25) is 0 Å². The van der Waals surface area contributed by atoms with Gasteiger partial charge in [0, 0.05) is 24.8 Å². The molecule has 2 aliphatic heterocycles. The molecule has 0 saturated carbocycles. The van der Waals surface area contributed by atoms with Gasteiger partial charge in [-0.2, -0.15) is 0 Å². The molecule has 6 heteroatoms. The van der Waals surface area contributed by atoms with Crippen LogP contribution in [0.2, 0.25) is 0 Å². The van der Waals surface area contributed by atoms with E-state index in [1.54, 1.807) is 0 Å². The highest BCUT2D eigenvalue weighted by Crippen LogP contribution is 2.43. The third-order valence-electron chi connectivity index (χ3n) is 6.10. The Morgan fingerprint density at radius 2 is 2.00 bits per heavy atom. The van der Waals surface area contributed by atoms with Gasteiger partial charge in [-0.05, 0) is 64.9 Å². The van der Waals surface area contributed by atoms with E-state index in [1.807, 2.05) is 41.3 Å². The lowest BCUT2D eigenvalue weighted by molar-refractivity contribution is 0.0881. The lowest BCUT2D eigenvalue weighted by Gasteiger charge is -2.24. The van der Waals surface area contributed by atoms with Gasteiger partial charge >= 0.3 is 6.09 Å². The summed E-state index contributed by atoms with van der Waals surface area (Å²) in [4.78, 5) is 19.3. The second kappa shape index (κ2) is 7.24. The summed E-state index contributed by atoms with van der Waals surface area (Å²) in [7, 11) is 0. The molecule has 3 unspecified atom stereocenters. The molecule has 1 aromatic carbocycles. The summed E-state index contributed by atoms with van der Waals surface area (Å²) in [5, 5.41) is 0. The first-order valence-electron chi connectivity index (χ1n) is 9.79. The van der Waals surface area contributed by atoms with Gasteiger partial charge in [-0.15, -0.1) is 0 Å². The number of rotatable bonds is 4. The molecule has 2 bridgehead atoms. The fourth-order valence-corrected chi connectivity index (χ4v) is 5.17. The van der Waals surface area contributed by atoms with Crippen molar-refractivity contribution in [3.8, 4) is 0 Å². The summed E-state index contributed by atoms with van der Waals surface area (Å²) < 4.78 is 8.75. The molecule has 2 aromatic heterocycles. The number of carbonyl (C=O) groups is 1. The molecule has 2 aliphatic rings. The number of hydrogen-bond donors (Lipinski definition) is 0. The third kappa shape index (κ3) is 3.20. The van der Waals surface area contributed by atoms with E-state index in [1.165, 1.54) is 0 Å². The van der Waals surface area contributed by atoms with E-state index in [4.69, 9.17) is 4.74 Å². The van der Waals surface area contributed by atoms with E-state index in [9.17, 15) is 4.79 Å². The molecule has 1 amide bonds. The van der Waals surface area contributed by atoms with Crippen LogP contribution in [0.25, 0.3) is 11.0 Å². The summed E-state index contributed by atoms with van der Waals surface area (Å²) in [6.07, 6.45) is 5.14. The Bertz CT molecular complexity index is 1000. The van der Waals surface area contributed by atoms with Crippen molar-refractivity contribution in [2.24, 2.45) is 5.92 Å². The zero-order valence-electron chi connectivity index (χ0n) is 15.5. The van der Waals surface area contributed by atoms with Crippen LogP contribution < -0.4 is 0 Å². The van der Waals surface area contributed by atoms with E-state index in [0.29, 0.717) is 18.6 Å². The molecule has 0 radical (unpaired) electrons. The maximum absolute atomic E-state index is 12.8. The fraction of sp³-hybridized carbons (Fsp3) is 0.364. The monoisotopic (exact) mass is 439 g/mol. The summed E-state index contributed by atoms with van der Waals surface area (Å²) in [6, 6.07) is 16.6. The summed E-state index contributed by atoms with van der Waals surface area (Å²) in [5.74, 6) is 0.460. The second-order valence-corrected chi connectivity index (χ2v) is 8.56. The maximum Gasteiger partial charge on any atom is 0.410 e. The van der Waals surface area contributed by atoms with Gasteiger partial charge < -0.3 is 14.2 Å². The van der Waals surface area contributed by atoms with Gasteiger partial charge in [-0.1, -0.05) is 30.3 Å². The van der Waals surface area contributed by atoms with E-state index < -0.39 is 0 Å². The van der Waals surface area contributed by atoms with Crippen molar-refractivity contribution in [3.63, 3.8) is 0 Å². The average molecular weight is 440 g/mol. The molecule has 5 rings (SSSR count). The largest absolute Gasteiger partial charge is 0.445 e. The van der Waals surface area contributed by atoms with Crippen LogP contribution in [0.4, 0.5) is 4.79 Å². The van der Waals surface area contributed by atoms with Gasteiger partial charge in [0.25, 0.3) is 0 Å². The Morgan fingerprint density at radius 3 is 2.86 bits per heavy atom. The Labute approximate surface area is 172 Å². The van der Waals surface area contributed by atoms with E-state index >= 15 is 0 Å². The number of ether oxygens (including phenoxy) is 1. The number of hydrogen-bond acceptors (Lipinski definition) is 3. The minimum Gasteiger partial charge on any atom is -0.445 e. The first-order chi connectivity index (χ1) is 13.7. The molecular formula is C22H22BrN3O2. The van der Waals surface area contributed by atoms with Gasteiger partial charge in [-0.25, -0.2) is 9.78 Å². The Balaban J connectivity index is 1.27. The predicted octanol–water partition coefficient (Wildman–Crippen LogP) is 4.99. The van der Waals surface area contributed by atoms with Gasteiger partial charge in [0.1, 0.15) is 11.2 Å². The summed E-state index contributed by atoms with van der Waals surface area (Å²) in [5.41, 5.74) is 3.16. The van der Waals surface area contributed by atoms with Crippen molar-refractivity contribution in [2.75, 3.05) is 0 Å². The molecule has 28 heavy (non-hydrogen) atoms. The molecule has 2 saturated heterocycles. The SMILES string of the molecule is O=C(OCc1ccccc1)N1C2CCC1C(Cn1ccc3nc(Br)ccc31)C2. The number of aromatic nitrogens is 2. The van der Waals surface area contributed by atoms with Gasteiger partial charge in [0.05, 0.1) is 11.0 Å². The van der Waals surface area contributed by atoms with Gasteiger partial charge in [-0.3, -0.25) is 0 Å². The minimum absolute atomic E-state index is 0.165. The topological polar surface area (TPSA) is 47.4 Å². The van der Waals surface area contributed by atoms with E-state index in [-0.39, 0.29) is 12.1 Å². The highest BCUT2D eigenvalue weighted by Gasteiger charge is 2.49. The number of amides is 1. The molecular weight excluding hydrogens is 418 g/mol. The normalized spacial score (nSPS) is 23.5. The van der Waals surface area contributed by atoms with Gasteiger partial charge in [0.15, 0.2) is 0 Å². The molecule has 0 aliphatic carbocycles. The van der Waals surface area contributed by atoms with Crippen LogP contribution in [-0.2, 0) is 17.9 Å². The molecule has 0 spiro atoms. The highest BCUT2D eigenvalue weighted by molar-refractivity contribution is 9.10. The molecule has 4 heterocycles. The summed E-state index contributed by atoms with van der Waals surface area (Å²) >= 11 is 3.43. The van der Waals surface area contributed by atoms with E-state index in [0.717, 1.165) is 47.0 Å². The maximum atomic E-state index is 12.8. The van der Waals surface area contributed by atoms with Crippen molar-refractivity contribution in [1.29, 1.82) is 0 Å². The molecule has 0 N–H and O–H groups in total. The standard InChI is InChI=1S/C22H22BrN3O2/c23-21-9-8-20-18(24-21)10-11-25(20)13-16-12-17-6-7-19(16)26(17)22(27)28-14-15-4-2-1-3-5-15/h1-5,8-11,16-17,19H,6-7,12-14H2. The molecule has 3 atom stereocenters. The van der Waals surface area contributed by atoms with Crippen molar-refractivity contribution < 1.29 is 9.53 Å². The Hall–Kier alpha value is -2.34. The average Bonchev–Trinajstić information content (AvgIpc) is 3.40. The highest BCUT2D eigenvalue weighted by atomic mass is 79.9. The van der Waals surface area contributed by atoms with Crippen LogP contribution in [0.1, 0.15) is 24.8 Å². The molecule has 144 valence electrons. The van der Waals surface area contributed by atoms with Crippen molar-refractivity contribution >= 4 is 33.1 Å². The van der Waals surface area contributed by atoms with E-state index in [2.05, 4.69) is 43.8 Å². The number of pyridine rings is 1. The Morgan fingerprint density at radius 1 is 1.14 bits per heavy atom. The molecule has 3 aromatic rings.